The van der Waals surface area contributed by atoms with E-state index in [2.05, 4.69) is 61.5 Å². The van der Waals surface area contributed by atoms with E-state index in [0.717, 1.165) is 74.4 Å². The van der Waals surface area contributed by atoms with E-state index in [1.807, 2.05) is 36.5 Å². The number of H-pyrrole nitrogens is 1. The van der Waals surface area contributed by atoms with Gasteiger partial charge in [-0.05, 0) is 85.2 Å². The maximum Gasteiger partial charge on any atom is 0.229 e. The van der Waals surface area contributed by atoms with Gasteiger partial charge in [-0.3, -0.25) is 9.59 Å². The standard InChI is InChI=1S/C30H26BrN3O2S/c31-22-6-3-5-18(14-22)4-1-2-7-27(35)24-17-32-25-12-10-20(15-23(24)25)21-11-13-26-28(16-21)37-30(33-26)34-29(36)19-8-9-19/h3,5-6,10-17,19,32H,1-2,4,7-9H2,(H,33,34,36). The first kappa shape index (κ1) is 24.1. The fourth-order valence-electron chi connectivity index (χ4n) is 4.68. The second-order valence-electron chi connectivity index (χ2n) is 9.69. The van der Waals surface area contributed by atoms with E-state index in [0.29, 0.717) is 11.6 Å². The molecule has 6 rings (SSSR count). The highest BCUT2D eigenvalue weighted by atomic mass is 79.9. The molecule has 1 fully saturated rings. The molecule has 0 atom stereocenters. The lowest BCUT2D eigenvalue weighted by Crippen LogP contribution is -2.12. The number of anilines is 1. The first-order chi connectivity index (χ1) is 18.0. The van der Waals surface area contributed by atoms with E-state index >= 15 is 0 Å². The number of benzene rings is 3. The highest BCUT2D eigenvalue weighted by Gasteiger charge is 2.30. The Balaban J connectivity index is 1.16. The smallest absolute Gasteiger partial charge is 0.229 e. The van der Waals surface area contributed by atoms with Gasteiger partial charge >= 0.3 is 0 Å². The Bertz CT molecular complexity index is 1630. The Kier molecular flexibility index (Phi) is 6.65. The topological polar surface area (TPSA) is 74.8 Å². The molecular formula is C30H26BrN3O2S. The molecule has 1 aliphatic rings. The minimum atomic E-state index is 0.0718. The molecule has 1 saturated carbocycles. The van der Waals surface area contributed by atoms with Gasteiger partial charge in [-0.1, -0.05) is 51.5 Å². The fraction of sp³-hybridized carbons (Fsp3) is 0.233. The number of thiazole rings is 1. The summed E-state index contributed by atoms with van der Waals surface area (Å²) < 4.78 is 2.12. The molecule has 1 amide bonds. The SMILES string of the molecule is O=C(CCCCc1cccc(Br)c1)c1c[nH]c2ccc(-c3ccc4nc(NC(=O)C5CC5)sc4c3)cc12. The summed E-state index contributed by atoms with van der Waals surface area (Å²) in [4.78, 5) is 33.0. The molecule has 0 bridgehead atoms. The molecule has 0 spiro atoms. The Morgan fingerprint density at radius 3 is 2.70 bits per heavy atom. The molecule has 5 nitrogen and oxygen atoms in total. The number of amides is 1. The van der Waals surface area contributed by atoms with Gasteiger partial charge < -0.3 is 10.3 Å². The average Bonchev–Trinajstić information content (AvgIpc) is 3.55. The van der Waals surface area contributed by atoms with Crippen LogP contribution < -0.4 is 5.32 Å². The number of carbonyl (C=O) groups excluding carboxylic acids is 2. The molecular weight excluding hydrogens is 546 g/mol. The number of hydrogen-bond donors (Lipinski definition) is 2. The van der Waals surface area contributed by atoms with Gasteiger partial charge in [-0.2, -0.15) is 0 Å². The molecule has 0 unspecified atom stereocenters. The van der Waals surface area contributed by atoms with Gasteiger partial charge in [0.25, 0.3) is 0 Å². The molecule has 7 heteroatoms. The highest BCUT2D eigenvalue weighted by Crippen LogP contribution is 2.34. The third-order valence-electron chi connectivity index (χ3n) is 6.89. The minimum absolute atomic E-state index is 0.0718. The molecule has 0 saturated heterocycles. The Morgan fingerprint density at radius 1 is 1.03 bits per heavy atom. The van der Waals surface area contributed by atoms with Crippen LogP contribution in [0.4, 0.5) is 5.13 Å². The van der Waals surface area contributed by atoms with Crippen LogP contribution in [0.2, 0.25) is 0 Å². The van der Waals surface area contributed by atoms with Crippen LogP contribution in [0.3, 0.4) is 0 Å². The van der Waals surface area contributed by atoms with Crippen molar-refractivity contribution in [2.45, 2.75) is 38.5 Å². The van der Waals surface area contributed by atoms with E-state index in [1.54, 1.807) is 0 Å². The van der Waals surface area contributed by atoms with E-state index in [4.69, 9.17) is 0 Å². The number of aromatic nitrogens is 2. The van der Waals surface area contributed by atoms with E-state index in [9.17, 15) is 9.59 Å². The third-order valence-corrected chi connectivity index (χ3v) is 8.32. The number of hydrogen-bond acceptors (Lipinski definition) is 4. The number of nitrogens with zero attached hydrogens (tertiary/aromatic N) is 1. The largest absolute Gasteiger partial charge is 0.360 e. The molecule has 3 aromatic carbocycles. The van der Waals surface area contributed by atoms with Gasteiger partial charge in [0, 0.05) is 39.5 Å². The zero-order valence-corrected chi connectivity index (χ0v) is 22.6. The van der Waals surface area contributed by atoms with E-state index < -0.39 is 0 Å². The molecule has 0 radical (unpaired) electrons. The van der Waals surface area contributed by atoms with Crippen LogP contribution in [0, 0.1) is 5.92 Å². The lowest BCUT2D eigenvalue weighted by molar-refractivity contribution is -0.117. The average molecular weight is 573 g/mol. The van der Waals surface area contributed by atoms with E-state index in [-0.39, 0.29) is 17.6 Å². The number of rotatable bonds is 9. The zero-order valence-electron chi connectivity index (χ0n) is 20.2. The van der Waals surface area contributed by atoms with Crippen LogP contribution in [0.5, 0.6) is 0 Å². The molecule has 2 N–H and O–H groups in total. The molecule has 37 heavy (non-hydrogen) atoms. The maximum absolute atomic E-state index is 13.1. The number of Topliss-reactive ketones (excluding diaryl/α,β-unsaturated/α-hetero) is 1. The number of nitrogens with one attached hydrogen (secondary N) is 2. The summed E-state index contributed by atoms with van der Waals surface area (Å²) in [5.41, 5.74) is 5.99. The summed E-state index contributed by atoms with van der Waals surface area (Å²) in [5, 5.41) is 4.56. The number of aryl methyl sites for hydroxylation is 1. The first-order valence-electron chi connectivity index (χ1n) is 12.6. The summed E-state index contributed by atoms with van der Waals surface area (Å²) in [7, 11) is 0. The van der Waals surface area contributed by atoms with Gasteiger partial charge in [0.15, 0.2) is 10.9 Å². The van der Waals surface area contributed by atoms with Crippen molar-refractivity contribution in [3.05, 3.63) is 82.5 Å². The van der Waals surface area contributed by atoms with Crippen molar-refractivity contribution < 1.29 is 9.59 Å². The molecule has 0 aliphatic heterocycles. The quantitative estimate of drug-likeness (QED) is 0.138. The minimum Gasteiger partial charge on any atom is -0.360 e. The van der Waals surface area contributed by atoms with Crippen molar-refractivity contribution in [1.29, 1.82) is 0 Å². The second-order valence-corrected chi connectivity index (χ2v) is 11.6. The number of aromatic amines is 1. The number of ketones is 1. The van der Waals surface area contributed by atoms with Crippen molar-refractivity contribution in [3.8, 4) is 11.1 Å². The summed E-state index contributed by atoms with van der Waals surface area (Å²) in [6.45, 7) is 0. The molecule has 186 valence electrons. The van der Waals surface area contributed by atoms with Gasteiger partial charge in [0.1, 0.15) is 0 Å². The van der Waals surface area contributed by atoms with Crippen molar-refractivity contribution >= 4 is 65.2 Å². The van der Waals surface area contributed by atoms with Gasteiger partial charge in [0.2, 0.25) is 5.91 Å². The normalized spacial score (nSPS) is 13.3. The monoisotopic (exact) mass is 571 g/mol. The Hall–Kier alpha value is -3.29. The summed E-state index contributed by atoms with van der Waals surface area (Å²) >= 11 is 5.02. The second kappa shape index (κ2) is 10.2. The zero-order chi connectivity index (χ0) is 25.4. The number of fused-ring (bicyclic) bond motifs is 2. The van der Waals surface area contributed by atoms with Crippen LogP contribution in [0.15, 0.2) is 71.3 Å². The van der Waals surface area contributed by atoms with Crippen LogP contribution in [-0.2, 0) is 11.2 Å². The summed E-state index contributed by atoms with van der Waals surface area (Å²) in [6, 6.07) is 20.7. The molecule has 2 heterocycles. The molecule has 5 aromatic rings. The van der Waals surface area contributed by atoms with Gasteiger partial charge in [-0.15, -0.1) is 0 Å². The number of halogens is 1. The predicted molar refractivity (Wildman–Crippen MR) is 154 cm³/mol. The van der Waals surface area contributed by atoms with Crippen LogP contribution in [0.25, 0.3) is 32.2 Å². The van der Waals surface area contributed by atoms with Crippen molar-refractivity contribution in [1.82, 2.24) is 9.97 Å². The number of unbranched alkanes of at least 4 members (excludes halogenated alkanes) is 1. The Morgan fingerprint density at radius 2 is 1.86 bits per heavy atom. The Labute approximate surface area is 227 Å². The van der Waals surface area contributed by atoms with Crippen molar-refractivity contribution in [2.24, 2.45) is 5.92 Å². The third kappa shape index (κ3) is 5.38. The first-order valence-corrected chi connectivity index (χ1v) is 14.2. The fourth-order valence-corrected chi connectivity index (χ4v) is 6.04. The maximum atomic E-state index is 13.1. The van der Waals surface area contributed by atoms with Crippen molar-refractivity contribution in [3.63, 3.8) is 0 Å². The summed E-state index contributed by atoms with van der Waals surface area (Å²) in [6.07, 6.45) is 7.13. The molecule has 1 aliphatic carbocycles. The van der Waals surface area contributed by atoms with Crippen molar-refractivity contribution in [2.75, 3.05) is 5.32 Å². The lowest BCUT2D eigenvalue weighted by Gasteiger charge is -2.05. The van der Waals surface area contributed by atoms with Gasteiger partial charge in [0.05, 0.1) is 10.2 Å². The summed E-state index contributed by atoms with van der Waals surface area (Å²) in [5.74, 6) is 0.396. The molecule has 2 aromatic heterocycles. The predicted octanol–water partition coefficient (Wildman–Crippen LogP) is 8.15. The lowest BCUT2D eigenvalue weighted by atomic mass is 9.99. The van der Waals surface area contributed by atoms with Crippen LogP contribution >= 0.6 is 27.3 Å². The number of carbonyl (C=O) groups is 2. The van der Waals surface area contributed by atoms with Crippen LogP contribution in [0.1, 0.15) is 48.0 Å². The van der Waals surface area contributed by atoms with Gasteiger partial charge in [-0.25, -0.2) is 4.98 Å². The highest BCUT2D eigenvalue weighted by molar-refractivity contribution is 9.10. The van der Waals surface area contributed by atoms with Crippen LogP contribution in [-0.4, -0.2) is 21.7 Å². The van der Waals surface area contributed by atoms with E-state index in [1.165, 1.54) is 16.9 Å².